The maximum atomic E-state index is 6.04. The fraction of sp³-hybridized carbons (Fsp3) is 0.708. The van der Waals surface area contributed by atoms with Gasteiger partial charge < -0.3 is 24.4 Å². The van der Waals surface area contributed by atoms with Crippen molar-refractivity contribution in [3.63, 3.8) is 0 Å². The number of nitrogens with one attached hydrogen (secondary N) is 1. The van der Waals surface area contributed by atoms with Crippen LogP contribution in [-0.4, -0.2) is 88.1 Å². The van der Waals surface area contributed by atoms with Crippen molar-refractivity contribution in [3.8, 4) is 5.75 Å². The standard InChI is InChI=1S/C24H40N4O3.HI/c1-4-30-22-8-12-28(13-9-22)24(25-2)26-19-20-6-5-7-23(18-20)31-17-14-27(3)21-10-15-29-16-11-21;/h5-7,18,21-22H,4,8-17,19H2,1-3H3,(H,25,26);1H. The zero-order chi connectivity index (χ0) is 21.9. The number of aliphatic imine (C=N–C) groups is 1. The number of benzene rings is 1. The number of ether oxygens (including phenoxy) is 3. The van der Waals surface area contributed by atoms with Crippen LogP contribution in [0.2, 0.25) is 0 Å². The highest BCUT2D eigenvalue weighted by atomic mass is 127. The van der Waals surface area contributed by atoms with E-state index in [1.54, 1.807) is 0 Å². The number of guanidine groups is 1. The number of piperidine rings is 1. The summed E-state index contributed by atoms with van der Waals surface area (Å²) in [5.74, 6) is 1.88. The van der Waals surface area contributed by atoms with Crippen LogP contribution >= 0.6 is 24.0 Å². The van der Waals surface area contributed by atoms with E-state index in [2.05, 4.69) is 52.3 Å². The van der Waals surface area contributed by atoms with E-state index < -0.39 is 0 Å². The van der Waals surface area contributed by atoms with E-state index >= 15 is 0 Å². The average molecular weight is 561 g/mol. The molecule has 182 valence electrons. The summed E-state index contributed by atoms with van der Waals surface area (Å²) in [6, 6.07) is 8.95. The molecule has 0 spiro atoms. The SMILES string of the molecule is CCOC1CCN(C(=NC)NCc2cccc(OCCN(C)C3CCOCC3)c2)CC1.I. The van der Waals surface area contributed by atoms with Crippen LogP contribution in [-0.2, 0) is 16.0 Å². The number of likely N-dealkylation sites (tertiary alicyclic amines) is 1. The van der Waals surface area contributed by atoms with Gasteiger partial charge in [-0.2, -0.15) is 0 Å². The van der Waals surface area contributed by atoms with Gasteiger partial charge in [-0.25, -0.2) is 0 Å². The first-order valence-electron chi connectivity index (χ1n) is 11.8. The molecule has 1 N–H and O–H groups in total. The Balaban J connectivity index is 0.00000363. The Hall–Kier alpha value is -1.10. The van der Waals surface area contributed by atoms with Gasteiger partial charge in [0.05, 0.1) is 6.10 Å². The summed E-state index contributed by atoms with van der Waals surface area (Å²) in [6.45, 7) is 8.92. The lowest BCUT2D eigenvalue weighted by atomic mass is 10.1. The Kier molecular flexibility index (Phi) is 12.7. The Labute approximate surface area is 210 Å². The molecule has 2 heterocycles. The van der Waals surface area contributed by atoms with Crippen LogP contribution in [0.25, 0.3) is 0 Å². The molecular weight excluding hydrogens is 519 g/mol. The van der Waals surface area contributed by atoms with Gasteiger partial charge in [0.15, 0.2) is 5.96 Å². The zero-order valence-electron chi connectivity index (χ0n) is 19.9. The number of likely N-dealkylation sites (N-methyl/N-ethyl adjacent to an activating group) is 1. The molecule has 0 atom stereocenters. The highest BCUT2D eigenvalue weighted by Crippen LogP contribution is 2.16. The van der Waals surface area contributed by atoms with Crippen LogP contribution in [0.15, 0.2) is 29.3 Å². The fourth-order valence-corrected chi connectivity index (χ4v) is 4.34. The molecule has 0 amide bonds. The van der Waals surface area contributed by atoms with E-state index in [4.69, 9.17) is 14.2 Å². The quantitative estimate of drug-likeness (QED) is 0.284. The highest BCUT2D eigenvalue weighted by molar-refractivity contribution is 14.0. The lowest BCUT2D eigenvalue weighted by Gasteiger charge is -2.34. The minimum atomic E-state index is 0. The number of nitrogens with zero attached hydrogens (tertiary/aromatic N) is 3. The summed E-state index contributed by atoms with van der Waals surface area (Å²) < 4.78 is 17.3. The molecule has 32 heavy (non-hydrogen) atoms. The Bertz CT molecular complexity index is 677. The van der Waals surface area contributed by atoms with Crippen molar-refractivity contribution in [3.05, 3.63) is 29.8 Å². The van der Waals surface area contributed by atoms with Crippen LogP contribution < -0.4 is 10.1 Å². The third-order valence-corrected chi connectivity index (χ3v) is 6.23. The van der Waals surface area contributed by atoms with E-state index in [1.165, 1.54) is 5.56 Å². The molecule has 2 aliphatic rings. The minimum Gasteiger partial charge on any atom is -0.492 e. The Morgan fingerprint density at radius 1 is 1.22 bits per heavy atom. The van der Waals surface area contributed by atoms with Gasteiger partial charge in [-0.3, -0.25) is 9.89 Å². The van der Waals surface area contributed by atoms with Crippen molar-refractivity contribution in [1.82, 2.24) is 15.1 Å². The molecule has 7 nitrogen and oxygen atoms in total. The topological polar surface area (TPSA) is 58.6 Å². The summed E-state index contributed by atoms with van der Waals surface area (Å²) in [4.78, 5) is 9.20. The lowest BCUT2D eigenvalue weighted by molar-refractivity contribution is 0.0263. The maximum absolute atomic E-state index is 6.04. The molecule has 3 rings (SSSR count). The van der Waals surface area contributed by atoms with Gasteiger partial charge in [0, 0.05) is 59.1 Å². The van der Waals surface area contributed by atoms with Crippen molar-refractivity contribution in [2.45, 2.75) is 51.3 Å². The third-order valence-electron chi connectivity index (χ3n) is 6.23. The van der Waals surface area contributed by atoms with Crippen LogP contribution in [0.1, 0.15) is 38.2 Å². The van der Waals surface area contributed by atoms with Crippen LogP contribution in [0.3, 0.4) is 0 Å². The number of rotatable bonds is 9. The van der Waals surface area contributed by atoms with E-state index in [-0.39, 0.29) is 24.0 Å². The Morgan fingerprint density at radius 2 is 1.97 bits per heavy atom. The summed E-state index contributed by atoms with van der Waals surface area (Å²) in [5, 5.41) is 3.51. The lowest BCUT2D eigenvalue weighted by Crippen LogP contribution is -2.46. The minimum absolute atomic E-state index is 0. The van der Waals surface area contributed by atoms with Gasteiger partial charge in [0.25, 0.3) is 0 Å². The van der Waals surface area contributed by atoms with Gasteiger partial charge in [-0.1, -0.05) is 12.1 Å². The Morgan fingerprint density at radius 3 is 2.66 bits per heavy atom. The fourth-order valence-electron chi connectivity index (χ4n) is 4.34. The van der Waals surface area contributed by atoms with Crippen LogP contribution in [0.5, 0.6) is 5.75 Å². The molecule has 1 aromatic rings. The van der Waals surface area contributed by atoms with Gasteiger partial charge in [-0.15, -0.1) is 24.0 Å². The molecule has 0 unspecified atom stereocenters. The van der Waals surface area contributed by atoms with Crippen molar-refractivity contribution in [1.29, 1.82) is 0 Å². The summed E-state index contributed by atoms with van der Waals surface area (Å²) >= 11 is 0. The second kappa shape index (κ2) is 14.9. The average Bonchev–Trinajstić information content (AvgIpc) is 2.81. The van der Waals surface area contributed by atoms with E-state index in [0.717, 1.165) is 83.4 Å². The van der Waals surface area contributed by atoms with Gasteiger partial charge >= 0.3 is 0 Å². The number of hydrogen-bond donors (Lipinski definition) is 1. The first kappa shape index (κ1) is 27.1. The molecule has 1 aromatic carbocycles. The second-order valence-electron chi connectivity index (χ2n) is 8.36. The van der Waals surface area contributed by atoms with E-state index in [0.29, 0.717) is 18.8 Å². The van der Waals surface area contributed by atoms with Gasteiger partial charge in [0.2, 0.25) is 0 Å². The molecule has 2 saturated heterocycles. The molecule has 8 heteroatoms. The largest absolute Gasteiger partial charge is 0.492 e. The maximum Gasteiger partial charge on any atom is 0.193 e. The highest BCUT2D eigenvalue weighted by Gasteiger charge is 2.21. The molecule has 2 aliphatic heterocycles. The monoisotopic (exact) mass is 560 g/mol. The van der Waals surface area contributed by atoms with Crippen molar-refractivity contribution < 1.29 is 14.2 Å². The second-order valence-corrected chi connectivity index (χ2v) is 8.36. The van der Waals surface area contributed by atoms with Crippen LogP contribution in [0.4, 0.5) is 0 Å². The van der Waals surface area contributed by atoms with Crippen molar-refractivity contribution >= 4 is 29.9 Å². The summed E-state index contributed by atoms with van der Waals surface area (Å²) in [7, 11) is 4.04. The molecule has 2 fully saturated rings. The predicted molar refractivity (Wildman–Crippen MR) is 140 cm³/mol. The number of hydrogen-bond acceptors (Lipinski definition) is 5. The van der Waals surface area contributed by atoms with E-state index in [1.807, 2.05) is 13.1 Å². The summed E-state index contributed by atoms with van der Waals surface area (Å²) in [5.41, 5.74) is 1.20. The molecule has 0 saturated carbocycles. The number of halogens is 1. The van der Waals surface area contributed by atoms with Gasteiger partial charge in [-0.05, 0) is 57.4 Å². The van der Waals surface area contributed by atoms with Crippen LogP contribution in [0, 0.1) is 0 Å². The normalized spacial score (nSPS) is 18.5. The molecule has 0 aliphatic carbocycles. The molecule has 0 bridgehead atoms. The molecule has 0 radical (unpaired) electrons. The van der Waals surface area contributed by atoms with E-state index in [9.17, 15) is 0 Å². The smallest absolute Gasteiger partial charge is 0.193 e. The van der Waals surface area contributed by atoms with Gasteiger partial charge in [0.1, 0.15) is 12.4 Å². The third kappa shape index (κ3) is 8.68. The van der Waals surface area contributed by atoms with Crippen molar-refractivity contribution in [2.24, 2.45) is 4.99 Å². The first-order valence-corrected chi connectivity index (χ1v) is 11.8. The zero-order valence-corrected chi connectivity index (χ0v) is 22.3. The molecular formula is C24H41IN4O3. The van der Waals surface area contributed by atoms with Crippen molar-refractivity contribution in [2.75, 3.05) is 60.2 Å². The first-order chi connectivity index (χ1) is 15.2. The summed E-state index contributed by atoms with van der Waals surface area (Å²) in [6.07, 6.45) is 4.73. The molecule has 0 aromatic heterocycles. The predicted octanol–water partition coefficient (Wildman–Crippen LogP) is 3.37.